The zero-order valence-electron chi connectivity index (χ0n) is 7.78. The Balaban J connectivity index is 2.27. The summed E-state index contributed by atoms with van der Waals surface area (Å²) in [6, 6.07) is 0. The third kappa shape index (κ3) is 1.21. The number of hydrogen-bond acceptors (Lipinski definition) is 0. The highest BCUT2D eigenvalue weighted by molar-refractivity contribution is 6.21. The van der Waals surface area contributed by atoms with E-state index in [2.05, 4.69) is 13.0 Å². The van der Waals surface area contributed by atoms with E-state index in [1.54, 1.807) is 5.57 Å². The van der Waals surface area contributed by atoms with Crippen LogP contribution in [0.1, 0.15) is 45.4 Å². The largest absolute Gasteiger partial charge is 0.122 e. The highest BCUT2D eigenvalue weighted by Crippen LogP contribution is 2.49. The standard InChI is InChI=1S/C11H17Cl/c1-11-8-3-2-5-9(11)6-4-7-10(11)12/h6,10H,2-5,7-8H2,1H3/t10-,11-/m0/s1. The van der Waals surface area contributed by atoms with Crippen molar-refractivity contribution in [3.8, 4) is 0 Å². The SMILES string of the molecule is C[C@]12CCCCC1=CCC[C@@H]2Cl. The third-order valence-electron chi connectivity index (χ3n) is 3.63. The van der Waals surface area contributed by atoms with Crippen molar-refractivity contribution in [3.05, 3.63) is 11.6 Å². The molecule has 0 aliphatic heterocycles. The predicted molar refractivity (Wildman–Crippen MR) is 53.5 cm³/mol. The average Bonchev–Trinajstić information content (AvgIpc) is 2.07. The van der Waals surface area contributed by atoms with Crippen molar-refractivity contribution in [1.82, 2.24) is 0 Å². The summed E-state index contributed by atoms with van der Waals surface area (Å²) in [7, 11) is 0. The lowest BCUT2D eigenvalue weighted by molar-refractivity contribution is 0.268. The Morgan fingerprint density at radius 3 is 3.08 bits per heavy atom. The fraction of sp³-hybridized carbons (Fsp3) is 0.818. The van der Waals surface area contributed by atoms with Gasteiger partial charge in [-0.2, -0.15) is 0 Å². The van der Waals surface area contributed by atoms with Crippen LogP contribution < -0.4 is 0 Å². The van der Waals surface area contributed by atoms with Gasteiger partial charge in [-0.25, -0.2) is 0 Å². The fourth-order valence-corrected chi connectivity index (χ4v) is 3.04. The summed E-state index contributed by atoms with van der Waals surface area (Å²) in [4.78, 5) is 0. The summed E-state index contributed by atoms with van der Waals surface area (Å²) >= 11 is 6.39. The summed E-state index contributed by atoms with van der Waals surface area (Å²) in [6.45, 7) is 2.36. The highest BCUT2D eigenvalue weighted by atomic mass is 35.5. The van der Waals surface area contributed by atoms with Gasteiger partial charge in [0.15, 0.2) is 0 Å². The van der Waals surface area contributed by atoms with Crippen LogP contribution in [0.15, 0.2) is 11.6 Å². The molecule has 2 atom stereocenters. The number of hydrogen-bond donors (Lipinski definition) is 0. The van der Waals surface area contributed by atoms with Gasteiger partial charge in [-0.15, -0.1) is 11.6 Å². The van der Waals surface area contributed by atoms with E-state index < -0.39 is 0 Å². The maximum absolute atomic E-state index is 6.39. The molecule has 0 spiro atoms. The van der Waals surface area contributed by atoms with E-state index in [4.69, 9.17) is 11.6 Å². The Morgan fingerprint density at radius 2 is 2.33 bits per heavy atom. The summed E-state index contributed by atoms with van der Waals surface area (Å²) in [5.74, 6) is 0. The lowest BCUT2D eigenvalue weighted by atomic mass is 9.66. The van der Waals surface area contributed by atoms with Gasteiger partial charge >= 0.3 is 0 Å². The second kappa shape index (κ2) is 3.06. The molecule has 0 bridgehead atoms. The van der Waals surface area contributed by atoms with Gasteiger partial charge in [0.1, 0.15) is 0 Å². The first kappa shape index (κ1) is 8.62. The van der Waals surface area contributed by atoms with Crippen molar-refractivity contribution < 1.29 is 0 Å². The minimum absolute atomic E-state index is 0.359. The molecule has 2 aliphatic carbocycles. The smallest absolute Gasteiger partial charge is 0.0429 e. The number of fused-ring (bicyclic) bond motifs is 1. The number of rotatable bonds is 0. The van der Waals surface area contributed by atoms with Crippen LogP contribution in [0.4, 0.5) is 0 Å². The van der Waals surface area contributed by atoms with Gasteiger partial charge in [-0.05, 0) is 32.1 Å². The monoisotopic (exact) mass is 184 g/mol. The molecule has 68 valence electrons. The van der Waals surface area contributed by atoms with E-state index in [1.807, 2.05) is 0 Å². The number of allylic oxidation sites excluding steroid dienone is 2. The van der Waals surface area contributed by atoms with Crippen LogP contribution in [0.2, 0.25) is 0 Å². The minimum atomic E-state index is 0.359. The molecule has 0 amide bonds. The molecular formula is C11H17Cl. The molecule has 12 heavy (non-hydrogen) atoms. The summed E-state index contributed by atoms with van der Waals surface area (Å²) in [5, 5.41) is 0.401. The molecule has 0 radical (unpaired) electrons. The van der Waals surface area contributed by atoms with Gasteiger partial charge in [0.05, 0.1) is 0 Å². The van der Waals surface area contributed by atoms with Crippen molar-refractivity contribution >= 4 is 11.6 Å². The van der Waals surface area contributed by atoms with Crippen molar-refractivity contribution in [3.63, 3.8) is 0 Å². The van der Waals surface area contributed by atoms with Crippen molar-refractivity contribution in [1.29, 1.82) is 0 Å². The Hall–Kier alpha value is 0.0300. The van der Waals surface area contributed by atoms with E-state index in [0.717, 1.165) is 0 Å². The molecule has 0 unspecified atom stereocenters. The third-order valence-corrected chi connectivity index (χ3v) is 4.33. The Bertz CT molecular complexity index is 207. The summed E-state index contributed by atoms with van der Waals surface area (Å²) in [6.07, 6.45) is 10.2. The van der Waals surface area contributed by atoms with Crippen molar-refractivity contribution in [2.45, 2.75) is 50.8 Å². The second-order valence-corrected chi connectivity index (χ2v) is 4.93. The van der Waals surface area contributed by atoms with Crippen LogP contribution >= 0.6 is 11.6 Å². The zero-order chi connectivity index (χ0) is 8.60. The number of halogens is 1. The first-order valence-corrected chi connectivity index (χ1v) is 5.51. The molecule has 2 rings (SSSR count). The molecule has 1 heteroatoms. The van der Waals surface area contributed by atoms with Gasteiger partial charge < -0.3 is 0 Å². The molecule has 1 fully saturated rings. The van der Waals surface area contributed by atoms with E-state index in [9.17, 15) is 0 Å². The number of alkyl halides is 1. The first-order chi connectivity index (χ1) is 5.73. The minimum Gasteiger partial charge on any atom is -0.122 e. The molecule has 0 aromatic carbocycles. The zero-order valence-corrected chi connectivity index (χ0v) is 8.53. The maximum Gasteiger partial charge on any atom is 0.0429 e. The molecule has 0 aromatic heterocycles. The lowest BCUT2D eigenvalue weighted by Gasteiger charge is -2.43. The average molecular weight is 185 g/mol. The normalized spacial score (nSPS) is 41.8. The molecule has 2 aliphatic rings. The first-order valence-electron chi connectivity index (χ1n) is 5.07. The molecule has 0 heterocycles. The van der Waals surface area contributed by atoms with E-state index >= 15 is 0 Å². The summed E-state index contributed by atoms with van der Waals surface area (Å²) < 4.78 is 0. The highest BCUT2D eigenvalue weighted by Gasteiger charge is 2.39. The van der Waals surface area contributed by atoms with E-state index in [0.29, 0.717) is 10.8 Å². The van der Waals surface area contributed by atoms with Crippen LogP contribution in [0, 0.1) is 5.41 Å². The Morgan fingerprint density at radius 1 is 1.50 bits per heavy atom. The topological polar surface area (TPSA) is 0 Å². The summed E-state index contributed by atoms with van der Waals surface area (Å²) in [5.41, 5.74) is 2.01. The molecule has 1 saturated carbocycles. The molecular weight excluding hydrogens is 168 g/mol. The predicted octanol–water partition coefficient (Wildman–Crippen LogP) is 3.89. The van der Waals surface area contributed by atoms with Crippen LogP contribution in [0.25, 0.3) is 0 Å². The van der Waals surface area contributed by atoms with Crippen LogP contribution in [0.3, 0.4) is 0 Å². The quantitative estimate of drug-likeness (QED) is 0.396. The maximum atomic E-state index is 6.39. The Kier molecular flexibility index (Phi) is 2.20. The molecule has 0 aromatic rings. The van der Waals surface area contributed by atoms with E-state index in [1.165, 1.54) is 38.5 Å². The Labute approximate surface area is 80.0 Å². The van der Waals surface area contributed by atoms with Crippen LogP contribution in [-0.2, 0) is 0 Å². The van der Waals surface area contributed by atoms with Crippen LogP contribution in [-0.4, -0.2) is 5.38 Å². The van der Waals surface area contributed by atoms with Gasteiger partial charge in [-0.1, -0.05) is 25.0 Å². The van der Waals surface area contributed by atoms with Crippen molar-refractivity contribution in [2.24, 2.45) is 5.41 Å². The molecule has 0 saturated heterocycles. The second-order valence-electron chi connectivity index (χ2n) is 4.40. The van der Waals surface area contributed by atoms with Gasteiger partial charge in [0, 0.05) is 10.8 Å². The molecule has 0 nitrogen and oxygen atoms in total. The lowest BCUT2D eigenvalue weighted by Crippen LogP contribution is -2.35. The molecule has 0 N–H and O–H groups in total. The van der Waals surface area contributed by atoms with E-state index in [-0.39, 0.29) is 0 Å². The fourth-order valence-electron chi connectivity index (χ4n) is 2.67. The van der Waals surface area contributed by atoms with Crippen molar-refractivity contribution in [2.75, 3.05) is 0 Å². The van der Waals surface area contributed by atoms with Gasteiger partial charge in [0.2, 0.25) is 0 Å². The van der Waals surface area contributed by atoms with Gasteiger partial charge in [-0.3, -0.25) is 0 Å². The van der Waals surface area contributed by atoms with Crippen LogP contribution in [0.5, 0.6) is 0 Å². The van der Waals surface area contributed by atoms with Gasteiger partial charge in [0.25, 0.3) is 0 Å².